The Morgan fingerprint density at radius 1 is 1.30 bits per heavy atom. The van der Waals surface area contributed by atoms with Crippen LogP contribution in [0, 0.1) is 3.57 Å². The molecule has 0 radical (unpaired) electrons. The van der Waals surface area contributed by atoms with Gasteiger partial charge in [-0.3, -0.25) is 0 Å². The zero-order valence-corrected chi connectivity index (χ0v) is 7.02. The van der Waals surface area contributed by atoms with Crippen molar-refractivity contribution in [3.05, 3.63) is 32.9 Å². The zero-order chi connectivity index (χ0) is 7.35. The summed E-state index contributed by atoms with van der Waals surface area (Å²) >= 11 is 1.92. The van der Waals surface area contributed by atoms with E-state index in [0.717, 1.165) is 0 Å². The van der Waals surface area contributed by atoms with Crippen molar-refractivity contribution in [2.75, 3.05) is 0 Å². The van der Waals surface area contributed by atoms with Crippen LogP contribution >= 0.6 is 22.6 Å². The Morgan fingerprint density at radius 3 is 2.50 bits per heavy atom. The molecule has 0 unspecified atom stereocenters. The Labute approximate surface area is 70.4 Å². The first kappa shape index (κ1) is 6.52. The molecule has 52 valence electrons. The molecule has 0 nitrogen and oxygen atoms in total. The van der Waals surface area contributed by atoms with Crippen molar-refractivity contribution in [2.45, 2.75) is 5.92 Å². The van der Waals surface area contributed by atoms with Gasteiger partial charge in [0.2, 0.25) is 0 Å². The van der Waals surface area contributed by atoms with Crippen LogP contribution in [0.5, 0.6) is 0 Å². The van der Waals surface area contributed by atoms with Crippen LogP contribution in [0.3, 0.4) is 0 Å². The number of alkyl halides is 2. The Hall–Kier alpha value is -0.190. The average molecular weight is 252 g/mol. The van der Waals surface area contributed by atoms with Gasteiger partial charge in [-0.25, -0.2) is 0 Å². The lowest BCUT2D eigenvalue weighted by Gasteiger charge is -1.85. The van der Waals surface area contributed by atoms with Crippen LogP contribution in [0.25, 0.3) is 0 Å². The lowest BCUT2D eigenvalue weighted by atomic mass is 10.4. The molecule has 0 heterocycles. The second-order valence-electron chi connectivity index (χ2n) is 2.24. The average Bonchev–Trinajstić information content (AvgIpc) is 2.38. The Morgan fingerprint density at radius 2 is 2.00 bits per heavy atom. The van der Waals surface area contributed by atoms with E-state index in [2.05, 4.69) is 0 Å². The van der Waals surface area contributed by atoms with Gasteiger partial charge in [0.05, 0.1) is 0 Å². The van der Waals surface area contributed by atoms with E-state index in [1.807, 2.05) is 22.6 Å². The topological polar surface area (TPSA) is 0 Å². The molecule has 0 aliphatic heterocycles. The van der Waals surface area contributed by atoms with Crippen LogP contribution in [0.2, 0.25) is 0 Å². The van der Waals surface area contributed by atoms with Gasteiger partial charge in [0, 0.05) is 14.7 Å². The van der Waals surface area contributed by atoms with E-state index < -0.39 is 5.92 Å². The molecule has 0 atom stereocenters. The predicted molar refractivity (Wildman–Crippen MR) is 42.2 cm³/mol. The maximum atomic E-state index is 12.6. The van der Waals surface area contributed by atoms with Crippen molar-refractivity contribution in [1.29, 1.82) is 0 Å². The highest BCUT2D eigenvalue weighted by Gasteiger charge is 2.54. The van der Waals surface area contributed by atoms with Gasteiger partial charge in [0.25, 0.3) is 0 Å². The molecule has 1 aromatic carbocycles. The molecule has 0 fully saturated rings. The quantitative estimate of drug-likeness (QED) is 0.623. The van der Waals surface area contributed by atoms with Crippen LogP contribution in [0.4, 0.5) is 8.78 Å². The minimum absolute atomic E-state index is 0.194. The first-order chi connectivity index (χ1) is 4.64. The lowest BCUT2D eigenvalue weighted by molar-refractivity contribution is 0.0984. The molecule has 3 heteroatoms. The molecule has 0 N–H and O–H groups in total. The number of hydrogen-bond acceptors (Lipinski definition) is 0. The summed E-state index contributed by atoms with van der Waals surface area (Å²) in [4.78, 5) is 0. The highest BCUT2D eigenvalue weighted by Crippen LogP contribution is 2.54. The smallest absolute Gasteiger partial charge is 0.196 e. The van der Waals surface area contributed by atoms with E-state index >= 15 is 0 Å². The Balaban J connectivity index is 2.63. The predicted octanol–water partition coefficient (Wildman–Crippen LogP) is 2.74. The van der Waals surface area contributed by atoms with Gasteiger partial charge < -0.3 is 0 Å². The summed E-state index contributed by atoms with van der Waals surface area (Å²) in [5, 5.41) is 0. The van der Waals surface area contributed by atoms with Gasteiger partial charge in [-0.05, 0) is 28.7 Å². The molecule has 0 spiro atoms. The first-order valence-corrected chi connectivity index (χ1v) is 3.89. The molecule has 1 aliphatic carbocycles. The highest BCUT2D eigenvalue weighted by molar-refractivity contribution is 14.1. The van der Waals surface area contributed by atoms with Crippen molar-refractivity contribution in [3.63, 3.8) is 0 Å². The summed E-state index contributed by atoms with van der Waals surface area (Å²) in [5.41, 5.74) is 0.412. The van der Waals surface area contributed by atoms with Gasteiger partial charge >= 0.3 is 5.92 Å². The summed E-state index contributed by atoms with van der Waals surface area (Å²) in [6, 6.07) is 4.82. The Bertz CT molecular complexity index is 294. The third kappa shape index (κ3) is 0.639. The number of benzene rings is 1. The van der Waals surface area contributed by atoms with Crippen molar-refractivity contribution >= 4 is 22.6 Å². The molecular weight excluding hydrogens is 249 g/mol. The van der Waals surface area contributed by atoms with E-state index in [9.17, 15) is 8.78 Å². The van der Waals surface area contributed by atoms with Gasteiger partial charge in [-0.1, -0.05) is 12.1 Å². The molecular formula is C7H3F2I. The van der Waals surface area contributed by atoms with E-state index in [4.69, 9.17) is 0 Å². The number of rotatable bonds is 0. The molecule has 0 saturated heterocycles. The van der Waals surface area contributed by atoms with Crippen molar-refractivity contribution in [3.8, 4) is 0 Å². The van der Waals surface area contributed by atoms with Gasteiger partial charge in [-0.15, -0.1) is 0 Å². The summed E-state index contributed by atoms with van der Waals surface area (Å²) in [6.45, 7) is 0. The SMILES string of the molecule is FC1(F)c2cccc(I)c21. The van der Waals surface area contributed by atoms with Crippen LogP contribution < -0.4 is 0 Å². The largest absolute Gasteiger partial charge is 0.300 e. The maximum Gasteiger partial charge on any atom is 0.300 e. The van der Waals surface area contributed by atoms with Crippen LogP contribution in [0.1, 0.15) is 11.1 Å². The number of hydrogen-bond donors (Lipinski definition) is 0. The zero-order valence-electron chi connectivity index (χ0n) is 4.87. The summed E-state index contributed by atoms with van der Waals surface area (Å²) in [5.74, 6) is -2.61. The first-order valence-electron chi connectivity index (χ1n) is 2.81. The minimum atomic E-state index is -2.61. The molecule has 0 saturated carbocycles. The Kier molecular flexibility index (Phi) is 1.10. The summed E-state index contributed by atoms with van der Waals surface area (Å²) in [7, 11) is 0. The fourth-order valence-corrected chi connectivity index (χ4v) is 1.87. The molecule has 0 aromatic heterocycles. The van der Waals surface area contributed by atoms with E-state index in [-0.39, 0.29) is 11.1 Å². The number of fused-ring (bicyclic) bond motifs is 1. The maximum absolute atomic E-state index is 12.6. The second kappa shape index (κ2) is 1.69. The monoisotopic (exact) mass is 252 g/mol. The standard InChI is InChI=1S/C7H3F2I/c8-7(9)4-2-1-3-5(10)6(4)7/h1-3H. The molecule has 1 aliphatic rings. The summed E-state index contributed by atoms with van der Waals surface area (Å²) in [6.07, 6.45) is 0. The summed E-state index contributed by atoms with van der Waals surface area (Å²) < 4.78 is 25.8. The van der Waals surface area contributed by atoms with E-state index in [0.29, 0.717) is 3.57 Å². The molecule has 10 heavy (non-hydrogen) atoms. The molecule has 2 rings (SSSR count). The fraction of sp³-hybridized carbons (Fsp3) is 0.143. The third-order valence-corrected chi connectivity index (χ3v) is 2.50. The highest BCUT2D eigenvalue weighted by atomic mass is 127. The van der Waals surface area contributed by atoms with Gasteiger partial charge in [0.15, 0.2) is 0 Å². The number of halogens is 3. The van der Waals surface area contributed by atoms with Crippen LogP contribution in [0.15, 0.2) is 18.2 Å². The third-order valence-electron chi connectivity index (χ3n) is 1.60. The normalized spacial score (nSPS) is 18.3. The van der Waals surface area contributed by atoms with Crippen molar-refractivity contribution in [1.82, 2.24) is 0 Å². The molecule has 0 amide bonds. The van der Waals surface area contributed by atoms with E-state index in [1.54, 1.807) is 12.1 Å². The van der Waals surface area contributed by atoms with Gasteiger partial charge in [-0.2, -0.15) is 8.78 Å². The molecule has 1 aromatic rings. The second-order valence-corrected chi connectivity index (χ2v) is 3.40. The minimum Gasteiger partial charge on any atom is -0.196 e. The van der Waals surface area contributed by atoms with Gasteiger partial charge in [0.1, 0.15) is 0 Å². The van der Waals surface area contributed by atoms with Crippen molar-refractivity contribution in [2.24, 2.45) is 0 Å². The van der Waals surface area contributed by atoms with Crippen molar-refractivity contribution < 1.29 is 8.78 Å². The van der Waals surface area contributed by atoms with Crippen LogP contribution in [-0.2, 0) is 5.92 Å². The van der Waals surface area contributed by atoms with Crippen LogP contribution in [-0.4, -0.2) is 0 Å². The fourth-order valence-electron chi connectivity index (χ4n) is 1.03. The van der Waals surface area contributed by atoms with E-state index in [1.165, 1.54) is 6.07 Å². The lowest BCUT2D eigenvalue weighted by Crippen LogP contribution is -1.84. The molecule has 0 bridgehead atoms.